The predicted octanol–water partition coefficient (Wildman–Crippen LogP) is 5.19. The van der Waals surface area contributed by atoms with E-state index in [9.17, 15) is 13.2 Å². The van der Waals surface area contributed by atoms with Gasteiger partial charge in [-0.3, -0.25) is 0 Å². The lowest BCUT2D eigenvalue weighted by molar-refractivity contribution is -0.137. The molecule has 1 aliphatic rings. The highest BCUT2D eigenvalue weighted by atomic mass is 127. The van der Waals surface area contributed by atoms with Crippen LogP contribution in [0.3, 0.4) is 0 Å². The highest BCUT2D eigenvalue weighted by Crippen LogP contribution is 2.36. The van der Waals surface area contributed by atoms with Crippen molar-refractivity contribution in [1.82, 2.24) is 0 Å². The molecule has 0 unspecified atom stereocenters. The highest BCUT2D eigenvalue weighted by molar-refractivity contribution is 14.1. The Morgan fingerprint density at radius 3 is 2.42 bits per heavy atom. The van der Waals surface area contributed by atoms with Gasteiger partial charge in [0.2, 0.25) is 0 Å². The van der Waals surface area contributed by atoms with E-state index in [2.05, 4.69) is 34.4 Å². The van der Waals surface area contributed by atoms with Crippen LogP contribution in [0, 0.1) is 11.8 Å². The molecule has 1 aliphatic carbocycles. The van der Waals surface area contributed by atoms with Crippen molar-refractivity contribution < 1.29 is 13.2 Å². The molecule has 4 heteroatoms. The molecule has 0 bridgehead atoms. The van der Waals surface area contributed by atoms with E-state index in [0.29, 0.717) is 5.56 Å². The largest absolute Gasteiger partial charge is 0.416 e. The van der Waals surface area contributed by atoms with Crippen molar-refractivity contribution in [1.29, 1.82) is 0 Å². The number of benzene rings is 1. The Bertz CT molecular complexity index is 502. The molecule has 0 amide bonds. The van der Waals surface area contributed by atoms with Crippen molar-refractivity contribution in [3.8, 4) is 11.8 Å². The minimum Gasteiger partial charge on any atom is -0.166 e. The van der Waals surface area contributed by atoms with Gasteiger partial charge in [-0.25, -0.2) is 0 Å². The third-order valence-corrected chi connectivity index (χ3v) is 4.62. The average Bonchev–Trinajstić information content (AvgIpc) is 2.37. The maximum atomic E-state index is 12.6. The molecular formula is C15H14F3I. The van der Waals surface area contributed by atoms with Crippen LogP contribution in [0.5, 0.6) is 0 Å². The van der Waals surface area contributed by atoms with Crippen LogP contribution in [-0.4, -0.2) is 3.42 Å². The summed E-state index contributed by atoms with van der Waals surface area (Å²) in [6, 6.07) is 5.24. The highest BCUT2D eigenvalue weighted by Gasteiger charge is 2.30. The minimum absolute atomic E-state index is 0.0652. The van der Waals surface area contributed by atoms with Crippen molar-refractivity contribution in [3.63, 3.8) is 0 Å². The van der Waals surface area contributed by atoms with Crippen LogP contribution in [0.2, 0.25) is 0 Å². The van der Waals surface area contributed by atoms with Gasteiger partial charge in [0, 0.05) is 5.56 Å². The molecule has 1 aromatic carbocycles. The molecule has 0 nitrogen and oxygen atoms in total. The van der Waals surface area contributed by atoms with E-state index in [1.807, 2.05) is 0 Å². The summed E-state index contributed by atoms with van der Waals surface area (Å²) in [5.41, 5.74) is -0.193. The third-order valence-electron chi connectivity index (χ3n) is 3.27. The molecule has 0 saturated heterocycles. The summed E-state index contributed by atoms with van der Waals surface area (Å²) in [7, 11) is 0. The number of rotatable bonds is 0. The molecule has 1 saturated carbocycles. The standard InChI is InChI=1S/C15H14F3I/c16-15(17,18)13-6-4-5-12(11-13)7-10-14(19)8-2-1-3-9-14/h4-6,11H,1-3,8-9H2. The SMILES string of the molecule is FC(F)(F)c1cccc(C#CC2(I)CCCCC2)c1. The molecular weight excluding hydrogens is 364 g/mol. The van der Waals surface area contributed by atoms with Crippen molar-refractivity contribution in [2.75, 3.05) is 0 Å². The lowest BCUT2D eigenvalue weighted by atomic mass is 9.89. The first-order valence-electron chi connectivity index (χ1n) is 6.28. The number of hydrogen-bond donors (Lipinski definition) is 0. The Labute approximate surface area is 124 Å². The summed E-state index contributed by atoms with van der Waals surface area (Å²) in [6.07, 6.45) is 1.29. The molecule has 0 atom stereocenters. The van der Waals surface area contributed by atoms with Gasteiger partial charge in [-0.05, 0) is 31.0 Å². The maximum absolute atomic E-state index is 12.6. The Balaban J connectivity index is 2.20. The van der Waals surface area contributed by atoms with E-state index in [0.717, 1.165) is 37.8 Å². The van der Waals surface area contributed by atoms with Gasteiger partial charge < -0.3 is 0 Å². The van der Waals surface area contributed by atoms with Gasteiger partial charge in [0.15, 0.2) is 0 Å². The molecule has 0 spiro atoms. The lowest BCUT2D eigenvalue weighted by Crippen LogP contribution is -2.21. The molecule has 2 rings (SSSR count). The fourth-order valence-corrected chi connectivity index (χ4v) is 3.09. The predicted molar refractivity (Wildman–Crippen MR) is 78.2 cm³/mol. The summed E-state index contributed by atoms with van der Waals surface area (Å²) in [4.78, 5) is 0. The van der Waals surface area contributed by atoms with E-state index in [4.69, 9.17) is 0 Å². The smallest absolute Gasteiger partial charge is 0.166 e. The Morgan fingerprint density at radius 2 is 1.79 bits per heavy atom. The summed E-state index contributed by atoms with van der Waals surface area (Å²) in [5.74, 6) is 6.07. The van der Waals surface area contributed by atoms with E-state index in [1.165, 1.54) is 12.5 Å². The van der Waals surface area contributed by atoms with Crippen LogP contribution in [0.4, 0.5) is 13.2 Å². The molecule has 0 N–H and O–H groups in total. The molecule has 19 heavy (non-hydrogen) atoms. The van der Waals surface area contributed by atoms with Crippen LogP contribution in [0.1, 0.15) is 43.2 Å². The first-order chi connectivity index (χ1) is 8.89. The molecule has 1 aromatic rings. The second-order valence-electron chi connectivity index (χ2n) is 4.85. The topological polar surface area (TPSA) is 0 Å². The summed E-state index contributed by atoms with van der Waals surface area (Å²) in [6.45, 7) is 0. The second-order valence-corrected chi connectivity index (χ2v) is 6.92. The van der Waals surface area contributed by atoms with Crippen molar-refractivity contribution >= 4 is 22.6 Å². The summed E-state index contributed by atoms with van der Waals surface area (Å²) in [5, 5.41) is 0. The monoisotopic (exact) mass is 378 g/mol. The fourth-order valence-electron chi connectivity index (χ4n) is 2.19. The zero-order valence-electron chi connectivity index (χ0n) is 10.4. The third kappa shape index (κ3) is 4.13. The van der Waals surface area contributed by atoms with E-state index in [-0.39, 0.29) is 3.42 Å². The first kappa shape index (κ1) is 14.7. The molecule has 0 aromatic heterocycles. The van der Waals surface area contributed by atoms with Gasteiger partial charge in [-0.1, -0.05) is 59.8 Å². The Kier molecular flexibility index (Phi) is 4.44. The van der Waals surface area contributed by atoms with Gasteiger partial charge in [-0.15, -0.1) is 0 Å². The molecule has 0 heterocycles. The normalized spacial score (nSPS) is 18.5. The van der Waals surface area contributed by atoms with Gasteiger partial charge in [-0.2, -0.15) is 13.2 Å². The average molecular weight is 378 g/mol. The van der Waals surface area contributed by atoms with Crippen LogP contribution < -0.4 is 0 Å². The van der Waals surface area contributed by atoms with E-state index >= 15 is 0 Å². The maximum Gasteiger partial charge on any atom is 0.416 e. The molecule has 1 fully saturated rings. The van der Waals surface area contributed by atoms with Gasteiger partial charge in [0.1, 0.15) is 0 Å². The van der Waals surface area contributed by atoms with Crippen LogP contribution in [0.25, 0.3) is 0 Å². The molecule has 0 aliphatic heterocycles. The zero-order valence-corrected chi connectivity index (χ0v) is 12.5. The fraction of sp³-hybridized carbons (Fsp3) is 0.467. The summed E-state index contributed by atoms with van der Waals surface area (Å²) >= 11 is 2.35. The van der Waals surface area contributed by atoms with Crippen molar-refractivity contribution in [3.05, 3.63) is 35.4 Å². The minimum atomic E-state index is -4.30. The van der Waals surface area contributed by atoms with Crippen LogP contribution in [-0.2, 0) is 6.18 Å². The number of halogens is 4. The summed E-state index contributed by atoms with van der Waals surface area (Å²) < 4.78 is 37.7. The van der Waals surface area contributed by atoms with Gasteiger partial charge >= 0.3 is 6.18 Å². The Morgan fingerprint density at radius 1 is 1.11 bits per heavy atom. The molecule has 102 valence electrons. The zero-order chi connectivity index (χ0) is 13.9. The first-order valence-corrected chi connectivity index (χ1v) is 7.36. The molecule has 0 radical (unpaired) electrons. The van der Waals surface area contributed by atoms with Gasteiger partial charge in [0.05, 0.1) is 8.99 Å². The lowest BCUT2D eigenvalue weighted by Gasteiger charge is -2.25. The Hall–Kier alpha value is -0.700. The van der Waals surface area contributed by atoms with Gasteiger partial charge in [0.25, 0.3) is 0 Å². The number of alkyl halides is 4. The van der Waals surface area contributed by atoms with Crippen molar-refractivity contribution in [2.24, 2.45) is 0 Å². The van der Waals surface area contributed by atoms with Crippen LogP contribution in [0.15, 0.2) is 24.3 Å². The van der Waals surface area contributed by atoms with Crippen LogP contribution >= 0.6 is 22.6 Å². The van der Waals surface area contributed by atoms with E-state index < -0.39 is 11.7 Å². The second kappa shape index (κ2) is 5.74. The van der Waals surface area contributed by atoms with E-state index in [1.54, 1.807) is 6.07 Å². The van der Waals surface area contributed by atoms with Crippen molar-refractivity contribution in [2.45, 2.75) is 41.7 Å². The number of hydrogen-bond acceptors (Lipinski definition) is 0. The quantitative estimate of drug-likeness (QED) is 0.331.